The lowest BCUT2D eigenvalue weighted by Gasteiger charge is -2.13. The minimum Gasteiger partial charge on any atom is -0.497 e. The van der Waals surface area contributed by atoms with Crippen LogP contribution < -0.4 is 4.74 Å². The Hall–Kier alpha value is -3.39. The largest absolute Gasteiger partial charge is 0.497 e. The van der Waals surface area contributed by atoms with Gasteiger partial charge < -0.3 is 4.74 Å². The third-order valence-electron chi connectivity index (χ3n) is 4.85. The summed E-state index contributed by atoms with van der Waals surface area (Å²) >= 11 is 0. The number of hydrogen-bond donors (Lipinski definition) is 0. The first-order valence-electron chi connectivity index (χ1n) is 9.35. The van der Waals surface area contributed by atoms with Crippen molar-refractivity contribution in [2.45, 2.75) is 13.8 Å². The summed E-state index contributed by atoms with van der Waals surface area (Å²) in [4.78, 5) is 4.73. The minimum atomic E-state index is 0.829. The fourth-order valence-electron chi connectivity index (χ4n) is 3.31. The van der Waals surface area contributed by atoms with E-state index >= 15 is 0 Å². The van der Waals surface area contributed by atoms with Crippen molar-refractivity contribution < 1.29 is 4.74 Å². The summed E-state index contributed by atoms with van der Waals surface area (Å²) in [6, 6.07) is 28.6. The van der Waals surface area contributed by atoms with Crippen molar-refractivity contribution in [1.29, 1.82) is 0 Å². The van der Waals surface area contributed by atoms with Crippen LogP contribution in [0.1, 0.15) is 11.1 Å². The number of hydrogen-bond acceptors (Lipinski definition) is 2. The van der Waals surface area contributed by atoms with Gasteiger partial charge in [-0.05, 0) is 43.2 Å². The van der Waals surface area contributed by atoms with Crippen molar-refractivity contribution in [1.82, 2.24) is 4.98 Å². The van der Waals surface area contributed by atoms with E-state index in [-0.39, 0.29) is 0 Å². The highest BCUT2D eigenvalue weighted by molar-refractivity contribution is 5.85. The number of benzene rings is 3. The molecule has 1 aromatic heterocycles. The highest BCUT2D eigenvalue weighted by Gasteiger charge is 2.12. The van der Waals surface area contributed by atoms with Crippen LogP contribution in [0.15, 0.2) is 79.0 Å². The molecule has 0 unspecified atom stereocenters. The zero-order chi connectivity index (χ0) is 19.5. The number of methoxy groups -OCH3 is 1. The summed E-state index contributed by atoms with van der Waals surface area (Å²) in [7, 11) is 1.69. The molecule has 137 valence electrons. The maximum atomic E-state index is 5.41. The average molecular weight is 364 g/mol. The third kappa shape index (κ3) is 3.67. The second-order valence-electron chi connectivity index (χ2n) is 6.99. The molecule has 3 aromatic carbocycles. The van der Waals surface area contributed by atoms with Crippen molar-refractivity contribution >= 4 is 0 Å². The van der Waals surface area contributed by atoms with Gasteiger partial charge >= 0.3 is 0 Å². The molecule has 0 amide bonds. The van der Waals surface area contributed by atoms with E-state index in [1.165, 1.54) is 11.1 Å². The van der Waals surface area contributed by atoms with Crippen molar-refractivity contribution in [2.75, 3.05) is 7.11 Å². The van der Waals surface area contributed by atoms with Crippen LogP contribution >= 0.6 is 0 Å². The molecular weight excluding hydrogens is 342 g/mol. The van der Waals surface area contributed by atoms with Gasteiger partial charge in [-0.2, -0.15) is 0 Å². The standard InChI is InChI=1S/C26H22NO/c1-18-10-12-20(13-11-18)24-16-26(22-8-4-6-19(2)14-22)27-17-25(24)21-7-5-9-23(15-21)28-3/h4-15,17H,1-3H3. The third-order valence-corrected chi connectivity index (χ3v) is 4.85. The van der Waals surface area contributed by atoms with Gasteiger partial charge in [0.2, 0.25) is 0 Å². The fourth-order valence-corrected chi connectivity index (χ4v) is 3.31. The molecule has 1 radical (unpaired) electrons. The van der Waals surface area contributed by atoms with Gasteiger partial charge in [-0.15, -0.1) is 0 Å². The number of nitrogens with zero attached hydrogens (tertiary/aromatic N) is 1. The molecule has 0 fully saturated rings. The second-order valence-corrected chi connectivity index (χ2v) is 6.99. The van der Waals surface area contributed by atoms with Gasteiger partial charge in [0, 0.05) is 29.0 Å². The molecule has 0 aliphatic carbocycles. The van der Waals surface area contributed by atoms with Gasteiger partial charge in [0.05, 0.1) is 12.8 Å². The lowest BCUT2D eigenvalue weighted by Crippen LogP contribution is -1.93. The van der Waals surface area contributed by atoms with Crippen molar-refractivity contribution in [2.24, 2.45) is 0 Å². The van der Waals surface area contributed by atoms with E-state index in [1.807, 2.05) is 24.4 Å². The van der Waals surface area contributed by atoms with E-state index in [1.54, 1.807) is 7.11 Å². The van der Waals surface area contributed by atoms with Gasteiger partial charge in [0.25, 0.3) is 0 Å². The molecule has 2 nitrogen and oxygen atoms in total. The Labute approximate surface area is 166 Å². The molecule has 4 aromatic rings. The van der Waals surface area contributed by atoms with Crippen molar-refractivity contribution in [3.05, 3.63) is 96.2 Å². The normalized spacial score (nSPS) is 10.7. The van der Waals surface area contributed by atoms with Gasteiger partial charge in [-0.25, -0.2) is 0 Å². The van der Waals surface area contributed by atoms with Crippen LogP contribution in [-0.2, 0) is 0 Å². The Balaban J connectivity index is 1.91. The topological polar surface area (TPSA) is 22.1 Å². The van der Waals surface area contributed by atoms with E-state index in [9.17, 15) is 0 Å². The molecule has 2 heteroatoms. The number of ether oxygens (including phenoxy) is 1. The summed E-state index contributed by atoms with van der Waals surface area (Å²) in [5, 5.41) is 0. The Morgan fingerprint density at radius 1 is 0.750 bits per heavy atom. The van der Waals surface area contributed by atoms with Gasteiger partial charge in [-0.3, -0.25) is 4.98 Å². The molecule has 0 atom stereocenters. The predicted molar refractivity (Wildman–Crippen MR) is 115 cm³/mol. The summed E-state index contributed by atoms with van der Waals surface area (Å²) in [6.07, 6.45) is 1.94. The van der Waals surface area contributed by atoms with Crippen LogP contribution in [0, 0.1) is 19.9 Å². The van der Waals surface area contributed by atoms with Gasteiger partial charge in [0.15, 0.2) is 0 Å². The van der Waals surface area contributed by atoms with E-state index in [0.717, 1.165) is 39.3 Å². The predicted octanol–water partition coefficient (Wildman–Crippen LogP) is 6.51. The molecule has 0 bridgehead atoms. The molecule has 0 spiro atoms. The van der Waals surface area contributed by atoms with E-state index in [4.69, 9.17) is 9.72 Å². The van der Waals surface area contributed by atoms with Crippen LogP contribution in [0.25, 0.3) is 33.5 Å². The number of aromatic nitrogens is 1. The van der Waals surface area contributed by atoms with Crippen molar-refractivity contribution in [3.63, 3.8) is 0 Å². The lowest BCUT2D eigenvalue weighted by molar-refractivity contribution is 0.415. The first kappa shape index (κ1) is 18.0. The minimum absolute atomic E-state index is 0.829. The molecular formula is C26H22NO. The zero-order valence-electron chi connectivity index (χ0n) is 16.4. The Kier molecular flexibility index (Phi) is 4.94. The number of pyridine rings is 1. The molecule has 1 heterocycles. The summed E-state index contributed by atoms with van der Waals surface area (Å²) in [5.74, 6) is 0.829. The second kappa shape index (κ2) is 7.69. The van der Waals surface area contributed by atoms with Crippen LogP contribution in [0.3, 0.4) is 0 Å². The maximum Gasteiger partial charge on any atom is 0.119 e. The van der Waals surface area contributed by atoms with Gasteiger partial charge in [0.1, 0.15) is 5.75 Å². The first-order chi connectivity index (χ1) is 13.6. The maximum absolute atomic E-state index is 5.41. The molecule has 0 saturated carbocycles. The summed E-state index contributed by atoms with van der Waals surface area (Å²) < 4.78 is 5.41. The molecule has 0 aliphatic heterocycles. The Bertz CT molecular complexity index is 1110. The molecule has 0 N–H and O–H groups in total. The zero-order valence-corrected chi connectivity index (χ0v) is 16.4. The number of aryl methyl sites for hydroxylation is 2. The first-order valence-corrected chi connectivity index (χ1v) is 9.35. The lowest BCUT2D eigenvalue weighted by atomic mass is 9.94. The van der Waals surface area contributed by atoms with Gasteiger partial charge in [-0.1, -0.05) is 65.7 Å². The fraction of sp³-hybridized carbons (Fsp3) is 0.115. The highest BCUT2D eigenvalue weighted by Crippen LogP contribution is 2.35. The molecule has 4 rings (SSSR count). The average Bonchev–Trinajstić information content (AvgIpc) is 2.74. The Morgan fingerprint density at radius 2 is 1.50 bits per heavy atom. The summed E-state index contributed by atoms with van der Waals surface area (Å²) in [6.45, 7) is 4.19. The molecule has 0 saturated heterocycles. The van der Waals surface area contributed by atoms with Crippen molar-refractivity contribution in [3.8, 4) is 39.3 Å². The summed E-state index contributed by atoms with van der Waals surface area (Å²) in [5.41, 5.74) is 8.64. The number of rotatable bonds is 4. The SMILES string of the molecule is COc1cccc(-c2cnc(-c3cccc(C)c3)[c]c2-c2ccc(C)cc2)c1. The van der Waals surface area contributed by atoms with E-state index in [2.05, 4.69) is 74.5 Å². The highest BCUT2D eigenvalue weighted by atomic mass is 16.5. The quantitative estimate of drug-likeness (QED) is 0.412. The smallest absolute Gasteiger partial charge is 0.119 e. The van der Waals surface area contributed by atoms with Crippen LogP contribution in [-0.4, -0.2) is 12.1 Å². The van der Waals surface area contributed by atoms with E-state index < -0.39 is 0 Å². The molecule has 28 heavy (non-hydrogen) atoms. The van der Waals surface area contributed by atoms with Crippen LogP contribution in [0.2, 0.25) is 0 Å². The van der Waals surface area contributed by atoms with Crippen LogP contribution in [0.4, 0.5) is 0 Å². The monoisotopic (exact) mass is 364 g/mol. The van der Waals surface area contributed by atoms with Crippen LogP contribution in [0.5, 0.6) is 5.75 Å². The van der Waals surface area contributed by atoms with E-state index in [0.29, 0.717) is 0 Å². The Morgan fingerprint density at radius 3 is 2.25 bits per heavy atom. The molecule has 0 aliphatic rings.